The van der Waals surface area contributed by atoms with Gasteiger partial charge in [-0.05, 0) is 49.5 Å². The molecule has 1 atom stereocenters. The Hall–Kier alpha value is -1.10. The molecule has 0 spiro atoms. The number of aliphatic hydroxyl groups is 2. The van der Waals surface area contributed by atoms with E-state index in [9.17, 15) is 5.11 Å². The molecule has 0 bridgehead atoms. The summed E-state index contributed by atoms with van der Waals surface area (Å²) in [5, 5.41) is 18.3. The number of hydrogen-bond acceptors (Lipinski definition) is 4. The average Bonchev–Trinajstić information content (AvgIpc) is 2.40. The molecule has 0 aromatic heterocycles. The maximum absolute atomic E-state index is 9.42. The molecule has 1 aromatic rings. The van der Waals surface area contributed by atoms with E-state index in [4.69, 9.17) is 10.8 Å². The molecule has 1 aliphatic heterocycles. The van der Waals surface area contributed by atoms with Gasteiger partial charge in [0, 0.05) is 12.2 Å². The summed E-state index contributed by atoms with van der Waals surface area (Å²) < 4.78 is 0. The largest absolute Gasteiger partial charge is 0.399 e. The Bertz CT molecular complexity index is 359. The molecule has 4 nitrogen and oxygen atoms in total. The number of piperidine rings is 1. The molecule has 2 rings (SSSR count). The van der Waals surface area contributed by atoms with Crippen molar-refractivity contribution in [1.29, 1.82) is 0 Å². The minimum Gasteiger partial charge on any atom is -0.399 e. The smallest absolute Gasteiger partial charge is 0.0897 e. The van der Waals surface area contributed by atoms with E-state index < -0.39 is 6.10 Å². The summed E-state index contributed by atoms with van der Waals surface area (Å²) in [7, 11) is 0. The van der Waals surface area contributed by atoms with Crippen molar-refractivity contribution in [2.75, 3.05) is 32.0 Å². The molecule has 1 fully saturated rings. The highest BCUT2D eigenvalue weighted by molar-refractivity contribution is 5.40. The second-order valence-corrected chi connectivity index (χ2v) is 5.08. The van der Waals surface area contributed by atoms with Crippen LogP contribution in [-0.4, -0.2) is 47.5 Å². The Morgan fingerprint density at radius 1 is 1.22 bits per heavy atom. The van der Waals surface area contributed by atoms with Crippen molar-refractivity contribution < 1.29 is 10.2 Å². The van der Waals surface area contributed by atoms with Crippen LogP contribution >= 0.6 is 0 Å². The zero-order valence-electron chi connectivity index (χ0n) is 10.6. The Morgan fingerprint density at radius 2 is 1.83 bits per heavy atom. The SMILES string of the molecule is Nc1ccc(C2CCN(C[C@H](O)CO)CC2)cc1. The van der Waals surface area contributed by atoms with Crippen molar-refractivity contribution in [3.63, 3.8) is 0 Å². The summed E-state index contributed by atoms with van der Waals surface area (Å²) in [4.78, 5) is 2.22. The number of benzene rings is 1. The third-order valence-corrected chi connectivity index (χ3v) is 3.68. The molecule has 1 saturated heterocycles. The summed E-state index contributed by atoms with van der Waals surface area (Å²) in [6, 6.07) is 8.13. The lowest BCUT2D eigenvalue weighted by Crippen LogP contribution is -2.39. The maximum atomic E-state index is 9.42. The number of likely N-dealkylation sites (tertiary alicyclic amines) is 1. The van der Waals surface area contributed by atoms with Gasteiger partial charge < -0.3 is 20.8 Å². The molecule has 0 aliphatic carbocycles. The molecule has 0 radical (unpaired) electrons. The molecule has 0 unspecified atom stereocenters. The van der Waals surface area contributed by atoms with Gasteiger partial charge in [-0.15, -0.1) is 0 Å². The molecule has 18 heavy (non-hydrogen) atoms. The molecule has 100 valence electrons. The number of nitrogen functional groups attached to an aromatic ring is 1. The van der Waals surface area contributed by atoms with E-state index in [2.05, 4.69) is 17.0 Å². The number of nitrogens with two attached hydrogens (primary N) is 1. The third kappa shape index (κ3) is 3.45. The molecule has 0 amide bonds. The quantitative estimate of drug-likeness (QED) is 0.691. The predicted octanol–water partition coefficient (Wildman–Crippen LogP) is 0.801. The van der Waals surface area contributed by atoms with Crippen molar-refractivity contribution in [3.8, 4) is 0 Å². The van der Waals surface area contributed by atoms with Crippen molar-refractivity contribution in [3.05, 3.63) is 29.8 Å². The van der Waals surface area contributed by atoms with Crippen LogP contribution in [-0.2, 0) is 0 Å². The molecule has 4 N–H and O–H groups in total. The summed E-state index contributed by atoms with van der Waals surface area (Å²) >= 11 is 0. The number of hydrogen-bond donors (Lipinski definition) is 3. The van der Waals surface area contributed by atoms with E-state index >= 15 is 0 Å². The van der Waals surface area contributed by atoms with Gasteiger partial charge >= 0.3 is 0 Å². The topological polar surface area (TPSA) is 69.7 Å². The fourth-order valence-corrected chi connectivity index (χ4v) is 2.57. The second kappa shape index (κ2) is 6.18. The Balaban J connectivity index is 1.84. The Labute approximate surface area is 108 Å². The lowest BCUT2D eigenvalue weighted by atomic mass is 9.89. The minimum absolute atomic E-state index is 0.155. The normalized spacial score (nSPS) is 19.9. The van der Waals surface area contributed by atoms with Gasteiger partial charge in [-0.25, -0.2) is 0 Å². The summed E-state index contributed by atoms with van der Waals surface area (Å²) in [5.41, 5.74) is 7.85. The predicted molar refractivity (Wildman–Crippen MR) is 72.4 cm³/mol. The van der Waals surface area contributed by atoms with Crippen LogP contribution in [0.15, 0.2) is 24.3 Å². The van der Waals surface area contributed by atoms with Gasteiger partial charge in [0.1, 0.15) is 0 Å². The van der Waals surface area contributed by atoms with Gasteiger partial charge in [-0.2, -0.15) is 0 Å². The number of anilines is 1. The van der Waals surface area contributed by atoms with E-state index in [1.54, 1.807) is 0 Å². The van der Waals surface area contributed by atoms with Crippen LogP contribution in [0.2, 0.25) is 0 Å². The van der Waals surface area contributed by atoms with E-state index in [-0.39, 0.29) is 6.61 Å². The number of nitrogens with zero attached hydrogens (tertiary/aromatic N) is 1. The minimum atomic E-state index is -0.613. The van der Waals surface area contributed by atoms with E-state index in [1.165, 1.54) is 5.56 Å². The highest BCUT2D eigenvalue weighted by Crippen LogP contribution is 2.28. The standard InChI is InChI=1S/C14H22N2O2/c15-13-3-1-11(2-4-13)12-5-7-16(8-6-12)9-14(18)10-17/h1-4,12,14,17-18H,5-10,15H2/t14-/m0/s1. The van der Waals surface area contributed by atoms with Crippen LogP contribution in [0, 0.1) is 0 Å². The first kappa shape index (κ1) is 13.3. The molecule has 4 heteroatoms. The van der Waals surface area contributed by atoms with Gasteiger partial charge in [0.25, 0.3) is 0 Å². The van der Waals surface area contributed by atoms with Gasteiger partial charge in [0.15, 0.2) is 0 Å². The van der Waals surface area contributed by atoms with Gasteiger partial charge in [-0.3, -0.25) is 0 Å². The maximum Gasteiger partial charge on any atom is 0.0897 e. The lowest BCUT2D eigenvalue weighted by molar-refractivity contribution is 0.0513. The van der Waals surface area contributed by atoms with Crippen molar-refractivity contribution in [2.24, 2.45) is 0 Å². The molecular weight excluding hydrogens is 228 g/mol. The Morgan fingerprint density at radius 3 is 2.39 bits per heavy atom. The van der Waals surface area contributed by atoms with E-state index in [0.717, 1.165) is 31.6 Å². The highest BCUT2D eigenvalue weighted by Gasteiger charge is 2.21. The summed E-state index contributed by atoms with van der Waals surface area (Å²) in [6.07, 6.45) is 1.59. The number of β-amino-alcohol motifs (C(OH)–C–C–N with tert-alkyl or cyclic N) is 1. The first-order valence-corrected chi connectivity index (χ1v) is 6.55. The van der Waals surface area contributed by atoms with Crippen LogP contribution in [0.4, 0.5) is 5.69 Å². The van der Waals surface area contributed by atoms with E-state index in [0.29, 0.717) is 12.5 Å². The van der Waals surface area contributed by atoms with E-state index in [1.807, 2.05) is 12.1 Å². The van der Waals surface area contributed by atoms with Crippen LogP contribution in [0.5, 0.6) is 0 Å². The highest BCUT2D eigenvalue weighted by atomic mass is 16.3. The van der Waals surface area contributed by atoms with Gasteiger partial charge in [0.05, 0.1) is 12.7 Å². The molecular formula is C14H22N2O2. The van der Waals surface area contributed by atoms with Gasteiger partial charge in [0.2, 0.25) is 0 Å². The van der Waals surface area contributed by atoms with Crippen LogP contribution in [0.25, 0.3) is 0 Å². The van der Waals surface area contributed by atoms with Gasteiger partial charge in [-0.1, -0.05) is 12.1 Å². The van der Waals surface area contributed by atoms with Crippen molar-refractivity contribution in [1.82, 2.24) is 4.90 Å². The molecule has 1 aliphatic rings. The number of rotatable bonds is 4. The van der Waals surface area contributed by atoms with Crippen LogP contribution in [0.3, 0.4) is 0 Å². The fourth-order valence-electron chi connectivity index (χ4n) is 2.57. The average molecular weight is 250 g/mol. The zero-order valence-corrected chi connectivity index (χ0v) is 10.6. The Kier molecular flexibility index (Phi) is 4.58. The summed E-state index contributed by atoms with van der Waals surface area (Å²) in [6.45, 7) is 2.38. The van der Waals surface area contributed by atoms with Crippen LogP contribution < -0.4 is 5.73 Å². The van der Waals surface area contributed by atoms with Crippen molar-refractivity contribution in [2.45, 2.75) is 24.9 Å². The lowest BCUT2D eigenvalue weighted by Gasteiger charge is -2.33. The second-order valence-electron chi connectivity index (χ2n) is 5.08. The number of aliphatic hydroxyl groups excluding tert-OH is 2. The first-order chi connectivity index (χ1) is 8.69. The summed E-state index contributed by atoms with van der Waals surface area (Å²) in [5.74, 6) is 0.591. The third-order valence-electron chi connectivity index (χ3n) is 3.68. The molecule has 0 saturated carbocycles. The van der Waals surface area contributed by atoms with Crippen LogP contribution in [0.1, 0.15) is 24.3 Å². The van der Waals surface area contributed by atoms with Crippen molar-refractivity contribution >= 4 is 5.69 Å². The zero-order chi connectivity index (χ0) is 13.0. The fraction of sp³-hybridized carbons (Fsp3) is 0.571. The monoisotopic (exact) mass is 250 g/mol. The molecule has 1 heterocycles. The first-order valence-electron chi connectivity index (χ1n) is 6.55. The molecule has 1 aromatic carbocycles.